The molecule has 0 saturated carbocycles. The van der Waals surface area contributed by atoms with E-state index < -0.39 is 30.3 Å². The highest BCUT2D eigenvalue weighted by atomic mass is 16.7. The molecule has 0 aliphatic heterocycles. The summed E-state index contributed by atoms with van der Waals surface area (Å²) < 4.78 is 22.8. The summed E-state index contributed by atoms with van der Waals surface area (Å²) in [6, 6.07) is 0. The summed E-state index contributed by atoms with van der Waals surface area (Å²) in [6.45, 7) is 4.52. The van der Waals surface area contributed by atoms with Crippen molar-refractivity contribution < 1.29 is 42.9 Å². The predicted molar refractivity (Wildman–Crippen MR) is 345 cm³/mol. The first-order valence-electron chi connectivity index (χ1n) is 30.6. The Bertz CT molecular complexity index is 2020. The first kappa shape index (κ1) is 75.1. The zero-order valence-corrected chi connectivity index (χ0v) is 51.1. The van der Waals surface area contributed by atoms with Crippen LogP contribution in [0.5, 0.6) is 0 Å². The van der Waals surface area contributed by atoms with Crippen molar-refractivity contribution in [2.24, 2.45) is 0 Å². The topological polar surface area (TPSA) is 108 Å². The predicted octanol–water partition coefficient (Wildman–Crippen LogP) is 18.7. The van der Waals surface area contributed by atoms with Crippen LogP contribution >= 0.6 is 0 Å². The van der Waals surface area contributed by atoms with Gasteiger partial charge in [0.1, 0.15) is 13.2 Å². The fourth-order valence-electron chi connectivity index (χ4n) is 7.22. The van der Waals surface area contributed by atoms with E-state index in [2.05, 4.69) is 208 Å². The van der Waals surface area contributed by atoms with Crippen molar-refractivity contribution in [3.05, 3.63) is 194 Å². The fourth-order valence-corrected chi connectivity index (χ4v) is 7.22. The van der Waals surface area contributed by atoms with Gasteiger partial charge in [0.25, 0.3) is 6.29 Å². The average molecular weight is 1120 g/mol. The van der Waals surface area contributed by atoms with Gasteiger partial charge in [0, 0.05) is 12.8 Å². The maximum atomic E-state index is 12.9. The standard InChI is InChI=1S/C72H109NO8/c1-6-8-10-12-14-16-18-20-22-24-26-28-29-30-31-32-33-34-35-36-37-38-39-40-41-43-45-47-49-51-53-55-57-59-61-63-70(75)81-68(67-80-72(71(76)77)78-65-64-73(3,4)5)66-79-69(74)62-60-58-56-54-52-50-48-46-44-42-27-25-23-21-19-17-15-13-11-9-7-2/h8-11,14-17,20-23,26-28,30-31,33-34,36-37,39-40,42-43,45-46,48-49,51-52,54,68,72H,6-7,12-13,18-19,24-25,29,32,35,38,41,44,47,50,53,55-67H2,1-5H3/p+1/b10-8-,11-9-,16-14-,17-15-,22-20-,23-21-,28-26-,31-30-,34-33-,37-36-,40-39-,42-27-,45-43-,48-46-,51-49-,54-52-. The molecule has 2 unspecified atom stereocenters. The number of allylic oxidation sites excluding steroid dienone is 32. The number of aliphatic carboxylic acids is 1. The van der Waals surface area contributed by atoms with Gasteiger partial charge in [0.05, 0.1) is 34.4 Å². The number of likely N-dealkylation sites (N-methyl/N-ethyl adjacent to an activating group) is 1. The van der Waals surface area contributed by atoms with Crippen molar-refractivity contribution in [3.8, 4) is 0 Å². The third kappa shape index (κ3) is 61.6. The van der Waals surface area contributed by atoms with Gasteiger partial charge in [0.2, 0.25) is 0 Å². The summed E-state index contributed by atoms with van der Waals surface area (Å²) in [5.74, 6) is -2.13. The van der Waals surface area contributed by atoms with E-state index in [1.165, 1.54) is 0 Å². The molecule has 0 bridgehead atoms. The zero-order valence-electron chi connectivity index (χ0n) is 51.1. The van der Waals surface area contributed by atoms with Gasteiger partial charge in [-0.15, -0.1) is 0 Å². The number of carboxylic acid groups (broad SMARTS) is 1. The van der Waals surface area contributed by atoms with E-state index in [1.54, 1.807) is 0 Å². The van der Waals surface area contributed by atoms with E-state index in [9.17, 15) is 19.5 Å². The molecule has 1 N–H and O–H groups in total. The minimum atomic E-state index is -1.54. The lowest BCUT2D eigenvalue weighted by Crippen LogP contribution is -2.40. The van der Waals surface area contributed by atoms with Crippen molar-refractivity contribution in [1.82, 2.24) is 0 Å². The number of unbranched alkanes of at least 4 members (excludes halogenated alkanes) is 6. The highest BCUT2D eigenvalue weighted by Gasteiger charge is 2.25. The van der Waals surface area contributed by atoms with Crippen LogP contribution in [-0.2, 0) is 33.3 Å². The number of carbonyl (C=O) groups is 3. The molecule has 0 rings (SSSR count). The van der Waals surface area contributed by atoms with Gasteiger partial charge < -0.3 is 28.5 Å². The van der Waals surface area contributed by atoms with Gasteiger partial charge in [-0.3, -0.25) is 9.59 Å². The Morgan fingerprint density at radius 1 is 0.370 bits per heavy atom. The molecule has 0 radical (unpaired) electrons. The molecular formula is C72H110NO8+. The second kappa shape index (κ2) is 60.2. The van der Waals surface area contributed by atoms with Gasteiger partial charge in [-0.25, -0.2) is 4.79 Å². The molecule has 0 aromatic rings. The van der Waals surface area contributed by atoms with Gasteiger partial charge in [0.15, 0.2) is 6.10 Å². The normalized spacial score (nSPS) is 14.1. The van der Waals surface area contributed by atoms with Crippen LogP contribution in [0.4, 0.5) is 0 Å². The zero-order chi connectivity index (χ0) is 59.1. The third-order valence-corrected chi connectivity index (χ3v) is 11.8. The van der Waals surface area contributed by atoms with Crippen LogP contribution in [-0.4, -0.2) is 87.4 Å². The number of ether oxygens (including phenoxy) is 4. The number of quaternary nitrogens is 1. The van der Waals surface area contributed by atoms with E-state index in [0.717, 1.165) is 141 Å². The summed E-state index contributed by atoms with van der Waals surface area (Å²) in [5, 5.41) is 9.71. The monoisotopic (exact) mass is 1120 g/mol. The maximum Gasteiger partial charge on any atom is 0.361 e. The number of carbonyl (C=O) groups excluding carboxylic acids is 2. The first-order chi connectivity index (χ1) is 39.6. The van der Waals surface area contributed by atoms with Gasteiger partial charge in [-0.1, -0.05) is 221 Å². The second-order valence-electron chi connectivity index (χ2n) is 20.5. The van der Waals surface area contributed by atoms with Crippen molar-refractivity contribution >= 4 is 17.9 Å². The van der Waals surface area contributed by atoms with Crippen LogP contribution in [0.3, 0.4) is 0 Å². The molecule has 0 amide bonds. The summed E-state index contributed by atoms with van der Waals surface area (Å²) in [5.41, 5.74) is 0. The number of rotatable bonds is 53. The number of esters is 2. The molecule has 0 heterocycles. The third-order valence-electron chi connectivity index (χ3n) is 11.8. The van der Waals surface area contributed by atoms with Crippen LogP contribution < -0.4 is 0 Å². The quantitative estimate of drug-likeness (QED) is 0.0211. The Balaban J connectivity index is 4.40. The first-order valence-corrected chi connectivity index (χ1v) is 30.6. The van der Waals surface area contributed by atoms with E-state index in [1.807, 2.05) is 21.1 Å². The number of hydrogen-bond donors (Lipinski definition) is 1. The van der Waals surface area contributed by atoms with E-state index in [0.29, 0.717) is 23.9 Å². The Morgan fingerprint density at radius 2 is 0.667 bits per heavy atom. The molecule has 2 atom stereocenters. The maximum absolute atomic E-state index is 12.9. The number of nitrogens with zero attached hydrogens (tertiary/aromatic N) is 1. The highest BCUT2D eigenvalue weighted by Crippen LogP contribution is 2.11. The second-order valence-corrected chi connectivity index (χ2v) is 20.5. The molecule has 0 aromatic heterocycles. The number of carboxylic acids is 1. The van der Waals surface area contributed by atoms with Crippen molar-refractivity contribution in [3.63, 3.8) is 0 Å². The minimum Gasteiger partial charge on any atom is -0.477 e. The molecule has 0 spiro atoms. The molecule has 0 aromatic carbocycles. The largest absolute Gasteiger partial charge is 0.477 e. The Morgan fingerprint density at radius 3 is 1.00 bits per heavy atom. The Kier molecular flexibility index (Phi) is 55.9. The SMILES string of the molecule is CC/C=C\C/C=C\C/C=C\C/C=C\C/C=C\C/C=C\C/C=C\C/C=C\C/C=C\C/C=C\CCCCCCC(=O)OC(COC(=O)CCCC/C=C\C/C=C\C/C=C\C/C=C\C/C=C\C/C=C\CC)COC(OCC[N+](C)(C)C)C(=O)O. The van der Waals surface area contributed by atoms with Crippen molar-refractivity contribution in [1.29, 1.82) is 0 Å². The molecular weight excluding hydrogens is 1010 g/mol. The van der Waals surface area contributed by atoms with E-state index in [-0.39, 0.29) is 32.7 Å². The van der Waals surface area contributed by atoms with Gasteiger partial charge in [-0.2, -0.15) is 0 Å². The van der Waals surface area contributed by atoms with Crippen LogP contribution in [0.25, 0.3) is 0 Å². The van der Waals surface area contributed by atoms with Crippen molar-refractivity contribution in [2.45, 2.75) is 193 Å². The smallest absolute Gasteiger partial charge is 0.361 e. The highest BCUT2D eigenvalue weighted by molar-refractivity contribution is 5.71. The summed E-state index contributed by atoms with van der Waals surface area (Å²) >= 11 is 0. The Hall–Kier alpha value is -5.87. The minimum absolute atomic E-state index is 0.163. The van der Waals surface area contributed by atoms with Crippen LogP contribution in [0.15, 0.2) is 194 Å². The lowest BCUT2D eigenvalue weighted by atomic mass is 10.1. The molecule has 0 saturated heterocycles. The van der Waals surface area contributed by atoms with Crippen molar-refractivity contribution in [2.75, 3.05) is 47.5 Å². The van der Waals surface area contributed by atoms with Crippen LogP contribution in [0, 0.1) is 0 Å². The summed E-state index contributed by atoms with van der Waals surface area (Å²) in [4.78, 5) is 37.5. The van der Waals surface area contributed by atoms with Gasteiger partial charge >= 0.3 is 17.9 Å². The average Bonchev–Trinajstić information content (AvgIpc) is 3.44. The van der Waals surface area contributed by atoms with Crippen LogP contribution in [0.1, 0.15) is 181 Å². The molecule has 0 aliphatic carbocycles. The molecule has 450 valence electrons. The Labute approximate surface area is 493 Å². The molecule has 81 heavy (non-hydrogen) atoms. The summed E-state index contributed by atoms with van der Waals surface area (Å²) in [7, 11) is 5.93. The van der Waals surface area contributed by atoms with E-state index >= 15 is 0 Å². The van der Waals surface area contributed by atoms with Gasteiger partial charge in [-0.05, 0) is 141 Å². The molecule has 9 heteroatoms. The molecule has 0 aliphatic rings. The fraction of sp³-hybridized carbons (Fsp3) is 0.514. The lowest BCUT2D eigenvalue weighted by molar-refractivity contribution is -0.870. The number of hydrogen-bond acceptors (Lipinski definition) is 7. The lowest BCUT2D eigenvalue weighted by Gasteiger charge is -2.25. The van der Waals surface area contributed by atoms with Crippen LogP contribution in [0.2, 0.25) is 0 Å². The molecule has 0 fully saturated rings. The molecule has 9 nitrogen and oxygen atoms in total. The summed E-state index contributed by atoms with van der Waals surface area (Å²) in [6.07, 6.45) is 90.9. The van der Waals surface area contributed by atoms with E-state index in [4.69, 9.17) is 18.9 Å².